The Morgan fingerprint density at radius 3 is 2.84 bits per heavy atom. The third kappa shape index (κ3) is 3.64. The van der Waals surface area contributed by atoms with Gasteiger partial charge in [0.1, 0.15) is 5.76 Å². The van der Waals surface area contributed by atoms with Gasteiger partial charge >= 0.3 is 0 Å². The lowest BCUT2D eigenvalue weighted by Gasteiger charge is -2.19. The molecule has 0 saturated carbocycles. The maximum Gasteiger partial charge on any atom is 0.105 e. The Hall–Kier alpha value is -1.68. The van der Waals surface area contributed by atoms with Crippen LogP contribution in [0, 0.1) is 13.8 Å². The normalized spacial score (nSPS) is 12.6. The lowest BCUT2D eigenvalue weighted by molar-refractivity contribution is 0.446. The molecule has 0 bridgehead atoms. The molecule has 0 aliphatic carbocycles. The van der Waals surface area contributed by atoms with Gasteiger partial charge in [0.25, 0.3) is 0 Å². The first-order valence-electron chi connectivity index (χ1n) is 6.77. The number of hydrogen-bond donors (Lipinski definition) is 1. The van der Waals surface area contributed by atoms with Crippen molar-refractivity contribution in [3.05, 3.63) is 47.2 Å². The molecule has 4 nitrogen and oxygen atoms in total. The standard InChI is InChI=1S/C15H21N3O/c1-4-7-16-15(10-13-6-5-8-19-13)14-9-11(2)17-18-12(14)3/h5-6,8-9,15-16H,4,7,10H2,1-3H3. The second-order valence-electron chi connectivity index (χ2n) is 4.82. The summed E-state index contributed by atoms with van der Waals surface area (Å²) in [6.07, 6.45) is 3.65. The minimum Gasteiger partial charge on any atom is -0.469 e. The summed E-state index contributed by atoms with van der Waals surface area (Å²) in [5.74, 6) is 0.988. The average Bonchev–Trinajstić information content (AvgIpc) is 2.90. The van der Waals surface area contributed by atoms with E-state index in [0.29, 0.717) is 0 Å². The number of nitrogens with one attached hydrogen (secondary N) is 1. The van der Waals surface area contributed by atoms with Crippen molar-refractivity contribution >= 4 is 0 Å². The third-order valence-electron chi connectivity index (χ3n) is 3.14. The average molecular weight is 259 g/mol. The Morgan fingerprint density at radius 2 is 2.16 bits per heavy atom. The number of rotatable bonds is 6. The maximum absolute atomic E-state index is 5.46. The van der Waals surface area contributed by atoms with Gasteiger partial charge in [-0.05, 0) is 50.6 Å². The molecule has 2 heterocycles. The molecular formula is C15H21N3O. The second kappa shape index (κ2) is 6.48. The van der Waals surface area contributed by atoms with Gasteiger partial charge in [-0.15, -0.1) is 0 Å². The van der Waals surface area contributed by atoms with Crippen molar-refractivity contribution in [2.24, 2.45) is 0 Å². The van der Waals surface area contributed by atoms with E-state index in [1.165, 1.54) is 5.56 Å². The highest BCUT2D eigenvalue weighted by atomic mass is 16.3. The molecule has 0 radical (unpaired) electrons. The molecular weight excluding hydrogens is 238 g/mol. The molecule has 19 heavy (non-hydrogen) atoms. The summed E-state index contributed by atoms with van der Waals surface area (Å²) in [7, 11) is 0. The van der Waals surface area contributed by atoms with Gasteiger partial charge in [0.05, 0.1) is 17.7 Å². The number of hydrogen-bond acceptors (Lipinski definition) is 4. The van der Waals surface area contributed by atoms with Crippen LogP contribution in [0.1, 0.15) is 42.1 Å². The summed E-state index contributed by atoms with van der Waals surface area (Å²) in [5, 5.41) is 11.9. The van der Waals surface area contributed by atoms with Crippen molar-refractivity contribution in [1.29, 1.82) is 0 Å². The number of aryl methyl sites for hydroxylation is 2. The van der Waals surface area contributed by atoms with Crippen molar-refractivity contribution in [2.45, 2.75) is 39.7 Å². The van der Waals surface area contributed by atoms with Gasteiger partial charge in [0.2, 0.25) is 0 Å². The first-order chi connectivity index (χ1) is 9.20. The van der Waals surface area contributed by atoms with E-state index in [1.807, 2.05) is 26.0 Å². The molecule has 1 N–H and O–H groups in total. The van der Waals surface area contributed by atoms with Gasteiger partial charge in [-0.25, -0.2) is 0 Å². The van der Waals surface area contributed by atoms with E-state index < -0.39 is 0 Å². The molecule has 102 valence electrons. The predicted molar refractivity (Wildman–Crippen MR) is 75.0 cm³/mol. The van der Waals surface area contributed by atoms with Crippen LogP contribution in [0.15, 0.2) is 28.9 Å². The Morgan fingerprint density at radius 1 is 1.32 bits per heavy atom. The van der Waals surface area contributed by atoms with Crippen molar-refractivity contribution < 1.29 is 4.42 Å². The molecule has 4 heteroatoms. The number of aromatic nitrogens is 2. The van der Waals surface area contributed by atoms with E-state index in [0.717, 1.165) is 36.5 Å². The lowest BCUT2D eigenvalue weighted by atomic mass is 10.0. The zero-order chi connectivity index (χ0) is 13.7. The Balaban J connectivity index is 2.23. The first kappa shape index (κ1) is 13.7. The highest BCUT2D eigenvalue weighted by Gasteiger charge is 2.16. The molecule has 0 saturated heterocycles. The number of nitrogens with zero attached hydrogens (tertiary/aromatic N) is 2. The first-order valence-corrected chi connectivity index (χ1v) is 6.77. The zero-order valence-corrected chi connectivity index (χ0v) is 11.8. The largest absolute Gasteiger partial charge is 0.469 e. The Bertz CT molecular complexity index is 508. The minimum absolute atomic E-state index is 0.222. The fraction of sp³-hybridized carbons (Fsp3) is 0.467. The summed E-state index contributed by atoms with van der Waals surface area (Å²) >= 11 is 0. The van der Waals surface area contributed by atoms with Crippen LogP contribution in [0.25, 0.3) is 0 Å². The highest BCUT2D eigenvalue weighted by Crippen LogP contribution is 2.21. The van der Waals surface area contributed by atoms with E-state index >= 15 is 0 Å². The summed E-state index contributed by atoms with van der Waals surface area (Å²) < 4.78 is 5.46. The van der Waals surface area contributed by atoms with Crippen LogP contribution in [0.2, 0.25) is 0 Å². The predicted octanol–water partition coefficient (Wildman–Crippen LogP) is 2.97. The molecule has 2 aromatic heterocycles. The summed E-state index contributed by atoms with van der Waals surface area (Å²) in [5.41, 5.74) is 3.13. The molecule has 1 atom stereocenters. The van der Waals surface area contributed by atoms with Gasteiger partial charge < -0.3 is 9.73 Å². The molecule has 1 unspecified atom stereocenters. The molecule has 2 aromatic rings. The molecule has 0 aliphatic heterocycles. The van der Waals surface area contributed by atoms with E-state index in [9.17, 15) is 0 Å². The van der Waals surface area contributed by atoms with Gasteiger partial charge in [-0.2, -0.15) is 10.2 Å². The maximum atomic E-state index is 5.46. The Labute approximate surface area is 114 Å². The van der Waals surface area contributed by atoms with Crippen molar-refractivity contribution in [1.82, 2.24) is 15.5 Å². The zero-order valence-electron chi connectivity index (χ0n) is 11.8. The molecule has 0 spiro atoms. The number of furan rings is 1. The minimum atomic E-state index is 0.222. The summed E-state index contributed by atoms with van der Waals surface area (Å²) in [4.78, 5) is 0. The monoisotopic (exact) mass is 259 g/mol. The van der Waals surface area contributed by atoms with E-state index in [2.05, 4.69) is 28.5 Å². The van der Waals surface area contributed by atoms with Gasteiger partial charge in [-0.3, -0.25) is 0 Å². The van der Waals surface area contributed by atoms with Crippen molar-refractivity contribution in [3.63, 3.8) is 0 Å². The smallest absolute Gasteiger partial charge is 0.105 e. The molecule has 0 aliphatic rings. The SMILES string of the molecule is CCCNC(Cc1ccco1)c1cc(C)nnc1C. The highest BCUT2D eigenvalue weighted by molar-refractivity contribution is 5.25. The lowest BCUT2D eigenvalue weighted by Crippen LogP contribution is -2.25. The molecule has 0 aromatic carbocycles. The van der Waals surface area contributed by atoms with E-state index in [4.69, 9.17) is 4.42 Å². The van der Waals surface area contributed by atoms with Crippen LogP contribution in [0.3, 0.4) is 0 Å². The van der Waals surface area contributed by atoms with Gasteiger partial charge in [0, 0.05) is 12.5 Å². The molecule has 0 amide bonds. The fourth-order valence-corrected chi connectivity index (χ4v) is 2.16. The van der Waals surface area contributed by atoms with Crippen molar-refractivity contribution in [3.8, 4) is 0 Å². The van der Waals surface area contributed by atoms with Crippen LogP contribution < -0.4 is 5.32 Å². The van der Waals surface area contributed by atoms with Crippen LogP contribution in [0.5, 0.6) is 0 Å². The van der Waals surface area contributed by atoms with Gasteiger partial charge in [0.15, 0.2) is 0 Å². The second-order valence-corrected chi connectivity index (χ2v) is 4.82. The molecule has 0 fully saturated rings. The fourth-order valence-electron chi connectivity index (χ4n) is 2.16. The Kier molecular flexibility index (Phi) is 4.68. The van der Waals surface area contributed by atoms with Gasteiger partial charge in [-0.1, -0.05) is 6.92 Å². The third-order valence-corrected chi connectivity index (χ3v) is 3.14. The quantitative estimate of drug-likeness (QED) is 0.866. The molecule has 2 rings (SSSR count). The topological polar surface area (TPSA) is 51.0 Å². The van der Waals surface area contributed by atoms with Crippen LogP contribution in [-0.2, 0) is 6.42 Å². The van der Waals surface area contributed by atoms with Crippen molar-refractivity contribution in [2.75, 3.05) is 6.54 Å². The van der Waals surface area contributed by atoms with Crippen LogP contribution in [0.4, 0.5) is 0 Å². The summed E-state index contributed by atoms with van der Waals surface area (Å²) in [6, 6.07) is 6.27. The van der Waals surface area contributed by atoms with E-state index in [-0.39, 0.29) is 6.04 Å². The summed E-state index contributed by atoms with van der Waals surface area (Å²) in [6.45, 7) is 7.12. The van der Waals surface area contributed by atoms with Crippen LogP contribution >= 0.6 is 0 Å². The van der Waals surface area contributed by atoms with E-state index in [1.54, 1.807) is 6.26 Å². The van der Waals surface area contributed by atoms with Crippen LogP contribution in [-0.4, -0.2) is 16.7 Å².